The minimum absolute atomic E-state index is 0.124. The second-order valence-electron chi connectivity index (χ2n) is 2.98. The van der Waals surface area contributed by atoms with Crippen LogP contribution >= 0.6 is 46.4 Å². The number of rotatable bonds is 3. The van der Waals surface area contributed by atoms with Crippen molar-refractivity contribution in [3.05, 3.63) is 38.3 Å². The largest absolute Gasteiger partial charge is 0.477 e. The van der Waals surface area contributed by atoms with E-state index in [-0.39, 0.29) is 15.7 Å². The molecule has 0 fully saturated rings. The van der Waals surface area contributed by atoms with Gasteiger partial charge in [0.2, 0.25) is 0 Å². The molecule has 0 aromatic heterocycles. The second-order valence-corrected chi connectivity index (χ2v) is 4.55. The number of aliphatic carboxylic acids is 1. The average molecular weight is 329 g/mol. The Labute approximate surface area is 122 Å². The lowest BCUT2D eigenvalue weighted by atomic mass is 10.3. The number of carbonyl (C=O) groups excluding carboxylic acids is 1. The summed E-state index contributed by atoms with van der Waals surface area (Å²) in [6.07, 6.45) is 0. The van der Waals surface area contributed by atoms with Gasteiger partial charge in [0, 0.05) is 0 Å². The molecule has 0 aliphatic carbocycles. The van der Waals surface area contributed by atoms with Crippen molar-refractivity contribution < 1.29 is 14.7 Å². The molecule has 0 atom stereocenters. The summed E-state index contributed by atoms with van der Waals surface area (Å²) in [5, 5.41) is 9.76. The molecule has 1 aromatic carbocycles. The quantitative estimate of drug-likeness (QED) is 0.831. The van der Waals surface area contributed by atoms with Crippen LogP contribution in [0.4, 0.5) is 5.69 Å². The van der Waals surface area contributed by atoms with Crippen molar-refractivity contribution in [3.8, 4) is 0 Å². The smallest absolute Gasteiger partial charge is 0.349 e. The number of hydrogen-bond donors (Lipinski definition) is 2. The van der Waals surface area contributed by atoms with Crippen LogP contribution in [0, 0.1) is 0 Å². The number of benzene rings is 1. The molecule has 0 unspecified atom stereocenters. The third-order valence-corrected chi connectivity index (χ3v) is 3.22. The topological polar surface area (TPSA) is 66.4 Å². The van der Waals surface area contributed by atoms with Gasteiger partial charge < -0.3 is 10.4 Å². The summed E-state index contributed by atoms with van der Waals surface area (Å²) < 4.78 is 0. The van der Waals surface area contributed by atoms with Gasteiger partial charge >= 0.3 is 5.97 Å². The number of carbonyl (C=O) groups is 2. The Morgan fingerprint density at radius 2 is 1.56 bits per heavy atom. The van der Waals surface area contributed by atoms with Gasteiger partial charge in [-0.3, -0.25) is 4.79 Å². The zero-order valence-corrected chi connectivity index (χ0v) is 11.5. The highest BCUT2D eigenvalue weighted by Crippen LogP contribution is 2.30. The van der Waals surface area contributed by atoms with E-state index >= 15 is 0 Å². The SMILES string of the molecule is O=C(O)/C(Cl)=C(/Cl)C(=O)Nc1c(Cl)cccc1Cl. The van der Waals surface area contributed by atoms with E-state index in [2.05, 4.69) is 5.32 Å². The normalized spacial score (nSPS) is 11.8. The third kappa shape index (κ3) is 3.53. The van der Waals surface area contributed by atoms with E-state index in [1.165, 1.54) is 12.1 Å². The highest BCUT2D eigenvalue weighted by atomic mass is 35.5. The van der Waals surface area contributed by atoms with Crippen LogP contribution in [-0.2, 0) is 9.59 Å². The molecule has 0 saturated heterocycles. The lowest BCUT2D eigenvalue weighted by molar-refractivity contribution is -0.132. The Bertz CT molecular complexity index is 522. The monoisotopic (exact) mass is 327 g/mol. The summed E-state index contributed by atoms with van der Waals surface area (Å²) in [6, 6.07) is 4.58. The highest BCUT2D eigenvalue weighted by molar-refractivity contribution is 6.54. The zero-order valence-electron chi connectivity index (χ0n) is 8.51. The molecule has 8 heteroatoms. The van der Waals surface area contributed by atoms with Crippen LogP contribution in [-0.4, -0.2) is 17.0 Å². The van der Waals surface area contributed by atoms with Crippen LogP contribution in [0.25, 0.3) is 0 Å². The minimum atomic E-state index is -1.51. The van der Waals surface area contributed by atoms with Gasteiger partial charge in [-0.1, -0.05) is 52.5 Å². The molecule has 4 nitrogen and oxygen atoms in total. The van der Waals surface area contributed by atoms with Gasteiger partial charge in [0.05, 0.1) is 15.7 Å². The Morgan fingerprint density at radius 1 is 1.06 bits per heavy atom. The maximum atomic E-state index is 11.6. The van der Waals surface area contributed by atoms with E-state index < -0.39 is 21.9 Å². The first kappa shape index (κ1) is 15.1. The number of para-hydroxylation sites is 1. The molecule has 1 amide bonds. The average Bonchev–Trinajstić information content (AvgIpc) is 2.31. The van der Waals surface area contributed by atoms with Crippen molar-refractivity contribution in [1.29, 1.82) is 0 Å². The number of anilines is 1. The minimum Gasteiger partial charge on any atom is -0.477 e. The van der Waals surface area contributed by atoms with E-state index in [4.69, 9.17) is 51.5 Å². The molecule has 96 valence electrons. The maximum absolute atomic E-state index is 11.6. The van der Waals surface area contributed by atoms with Crippen LogP contribution < -0.4 is 5.32 Å². The van der Waals surface area contributed by atoms with Crippen LogP contribution in [0.5, 0.6) is 0 Å². The maximum Gasteiger partial charge on any atom is 0.349 e. The molecule has 0 bridgehead atoms. The lowest BCUT2D eigenvalue weighted by Gasteiger charge is -2.08. The van der Waals surface area contributed by atoms with Gasteiger partial charge in [-0.2, -0.15) is 0 Å². The first-order valence-corrected chi connectivity index (χ1v) is 5.89. The van der Waals surface area contributed by atoms with Crippen molar-refractivity contribution in [3.63, 3.8) is 0 Å². The summed E-state index contributed by atoms with van der Waals surface area (Å²) in [7, 11) is 0. The van der Waals surface area contributed by atoms with Gasteiger partial charge in [-0.05, 0) is 12.1 Å². The van der Waals surface area contributed by atoms with Crippen LogP contribution in [0.1, 0.15) is 0 Å². The number of carboxylic acid groups (broad SMARTS) is 1. The molecule has 1 rings (SSSR count). The van der Waals surface area contributed by atoms with E-state index in [0.717, 1.165) is 0 Å². The van der Waals surface area contributed by atoms with Crippen LogP contribution in [0.3, 0.4) is 0 Å². The summed E-state index contributed by atoms with van der Waals surface area (Å²) in [5.74, 6) is -2.43. The van der Waals surface area contributed by atoms with Crippen molar-refractivity contribution in [2.45, 2.75) is 0 Å². The molecule has 0 aliphatic rings. The lowest BCUT2D eigenvalue weighted by Crippen LogP contribution is -2.15. The number of nitrogens with one attached hydrogen (secondary N) is 1. The zero-order chi connectivity index (χ0) is 13.9. The van der Waals surface area contributed by atoms with Crippen molar-refractivity contribution in [2.24, 2.45) is 0 Å². The van der Waals surface area contributed by atoms with E-state index in [9.17, 15) is 9.59 Å². The summed E-state index contributed by atoms with van der Waals surface area (Å²) >= 11 is 22.5. The fourth-order valence-corrected chi connectivity index (χ4v) is 1.69. The van der Waals surface area contributed by atoms with Crippen molar-refractivity contribution in [2.75, 3.05) is 5.32 Å². The molecule has 0 heterocycles. The van der Waals surface area contributed by atoms with Crippen LogP contribution in [0.15, 0.2) is 28.3 Å². The molecular formula is C10H5Cl4NO3. The Morgan fingerprint density at radius 3 is 2.00 bits per heavy atom. The summed E-state index contributed by atoms with van der Waals surface area (Å²) in [5.41, 5.74) is 0.124. The number of hydrogen-bond acceptors (Lipinski definition) is 2. The van der Waals surface area contributed by atoms with Gasteiger partial charge in [0.15, 0.2) is 0 Å². The highest BCUT2D eigenvalue weighted by Gasteiger charge is 2.18. The first-order chi connectivity index (χ1) is 8.34. The van der Waals surface area contributed by atoms with Crippen LogP contribution in [0.2, 0.25) is 10.0 Å². The van der Waals surface area contributed by atoms with Gasteiger partial charge in [-0.15, -0.1) is 0 Å². The molecule has 0 aliphatic heterocycles. The van der Waals surface area contributed by atoms with E-state index in [1.807, 2.05) is 0 Å². The third-order valence-electron chi connectivity index (χ3n) is 1.78. The molecule has 18 heavy (non-hydrogen) atoms. The van der Waals surface area contributed by atoms with Gasteiger partial charge in [0.25, 0.3) is 5.91 Å². The predicted molar refractivity (Wildman–Crippen MR) is 71.5 cm³/mol. The molecule has 2 N–H and O–H groups in total. The summed E-state index contributed by atoms with van der Waals surface area (Å²) in [6.45, 7) is 0. The fourth-order valence-electron chi connectivity index (χ4n) is 0.979. The van der Waals surface area contributed by atoms with E-state index in [1.54, 1.807) is 6.07 Å². The van der Waals surface area contributed by atoms with Gasteiger partial charge in [0.1, 0.15) is 10.1 Å². The predicted octanol–water partition coefficient (Wildman–Crippen LogP) is 3.71. The standard InChI is InChI=1S/C10H5Cl4NO3/c11-4-2-1-3-5(12)8(4)15-9(16)6(13)7(14)10(17)18/h1-3H,(H,15,16)(H,17,18)/b7-6-. The summed E-state index contributed by atoms with van der Waals surface area (Å²) in [4.78, 5) is 22.1. The number of halogens is 4. The van der Waals surface area contributed by atoms with E-state index in [0.29, 0.717) is 0 Å². The second kappa shape index (κ2) is 6.29. The number of carboxylic acids is 1. The molecule has 0 spiro atoms. The molecule has 0 saturated carbocycles. The Balaban J connectivity index is 3.03. The van der Waals surface area contributed by atoms with Crippen molar-refractivity contribution in [1.82, 2.24) is 0 Å². The number of amides is 1. The van der Waals surface area contributed by atoms with Gasteiger partial charge in [-0.25, -0.2) is 4.79 Å². The van der Waals surface area contributed by atoms with Crippen molar-refractivity contribution >= 4 is 64.0 Å². The molecular weight excluding hydrogens is 324 g/mol. The molecule has 1 aromatic rings. The first-order valence-electron chi connectivity index (χ1n) is 4.38. The fraction of sp³-hybridized carbons (Fsp3) is 0. The Kier molecular flexibility index (Phi) is 5.28. The Hall–Kier alpha value is -0.940. The molecule has 0 radical (unpaired) electrons.